The number of ether oxygens (including phenoxy) is 2. The highest BCUT2D eigenvalue weighted by atomic mass is 35.5. The Morgan fingerprint density at radius 1 is 1.09 bits per heavy atom. The summed E-state index contributed by atoms with van der Waals surface area (Å²) in [4.78, 5) is 11.1. The van der Waals surface area contributed by atoms with Crippen LogP contribution in [0.2, 0.25) is 10.0 Å². The van der Waals surface area contributed by atoms with Crippen molar-refractivity contribution in [3.63, 3.8) is 0 Å². The van der Waals surface area contributed by atoms with Crippen LogP contribution in [-0.4, -0.2) is 25.3 Å². The fraction of sp³-hybridized carbons (Fsp3) is 0.188. The molecule has 0 fully saturated rings. The summed E-state index contributed by atoms with van der Waals surface area (Å²) in [5.41, 5.74) is 1.45. The average molecular weight is 356 g/mol. The van der Waals surface area contributed by atoms with Crippen molar-refractivity contribution in [1.82, 2.24) is 0 Å². The van der Waals surface area contributed by atoms with Gasteiger partial charge in [0.25, 0.3) is 0 Å². The van der Waals surface area contributed by atoms with Crippen molar-refractivity contribution in [3.8, 4) is 11.5 Å². The predicted molar refractivity (Wildman–Crippen MR) is 90.3 cm³/mol. The molecule has 7 heteroatoms. The highest BCUT2D eigenvalue weighted by Gasteiger charge is 2.12. The average Bonchev–Trinajstić information content (AvgIpc) is 2.54. The quantitative estimate of drug-likeness (QED) is 0.807. The normalized spacial score (nSPS) is 10.3. The summed E-state index contributed by atoms with van der Waals surface area (Å²) >= 11 is 12.1. The van der Waals surface area contributed by atoms with E-state index in [4.69, 9.17) is 37.8 Å². The molecule has 0 spiro atoms. The number of nitrogens with one attached hydrogen (secondary N) is 1. The van der Waals surface area contributed by atoms with Gasteiger partial charge in [0.2, 0.25) is 0 Å². The summed E-state index contributed by atoms with van der Waals surface area (Å²) in [5.74, 6) is 0.0275. The van der Waals surface area contributed by atoms with Crippen LogP contribution in [0.3, 0.4) is 0 Å². The maximum absolute atomic E-state index is 11.1. The largest absolute Gasteiger partial charge is 0.493 e. The smallest absolute Gasteiger partial charge is 0.337 e. The van der Waals surface area contributed by atoms with Crippen molar-refractivity contribution in [1.29, 1.82) is 0 Å². The van der Waals surface area contributed by atoms with Crippen LogP contribution in [0.15, 0.2) is 30.3 Å². The number of rotatable bonds is 6. The third-order valence-electron chi connectivity index (χ3n) is 3.23. The van der Waals surface area contributed by atoms with Crippen molar-refractivity contribution in [2.75, 3.05) is 19.5 Å². The Morgan fingerprint density at radius 2 is 1.74 bits per heavy atom. The van der Waals surface area contributed by atoms with Crippen molar-refractivity contribution in [2.24, 2.45) is 0 Å². The maximum atomic E-state index is 11.1. The molecule has 0 aliphatic rings. The Kier molecular flexibility index (Phi) is 5.58. The van der Waals surface area contributed by atoms with Crippen molar-refractivity contribution in [2.45, 2.75) is 6.54 Å². The highest BCUT2D eigenvalue weighted by Crippen LogP contribution is 2.33. The van der Waals surface area contributed by atoms with Gasteiger partial charge in [0.05, 0.1) is 24.8 Å². The van der Waals surface area contributed by atoms with E-state index in [0.29, 0.717) is 28.8 Å². The molecule has 5 nitrogen and oxygen atoms in total. The van der Waals surface area contributed by atoms with E-state index in [1.807, 2.05) is 0 Å². The molecule has 0 amide bonds. The maximum Gasteiger partial charge on any atom is 0.337 e. The number of aromatic carboxylic acids is 1. The number of anilines is 1. The zero-order valence-electron chi connectivity index (χ0n) is 12.5. The minimum Gasteiger partial charge on any atom is -0.493 e. The van der Waals surface area contributed by atoms with Crippen molar-refractivity contribution < 1.29 is 19.4 Å². The Hall–Kier alpha value is -2.11. The van der Waals surface area contributed by atoms with Gasteiger partial charge in [0, 0.05) is 23.3 Å². The minimum absolute atomic E-state index is 0.0371. The number of carbonyl (C=O) groups is 1. The van der Waals surface area contributed by atoms with Crippen LogP contribution in [0.1, 0.15) is 15.9 Å². The molecule has 23 heavy (non-hydrogen) atoms. The number of hydrogen-bond acceptors (Lipinski definition) is 4. The van der Waals surface area contributed by atoms with Crippen molar-refractivity contribution >= 4 is 34.9 Å². The first-order valence-electron chi connectivity index (χ1n) is 6.63. The lowest BCUT2D eigenvalue weighted by atomic mass is 10.1. The van der Waals surface area contributed by atoms with E-state index >= 15 is 0 Å². The monoisotopic (exact) mass is 355 g/mol. The molecule has 0 aliphatic carbocycles. The molecule has 0 aliphatic heterocycles. The molecule has 2 N–H and O–H groups in total. The van der Waals surface area contributed by atoms with Gasteiger partial charge in [-0.05, 0) is 29.8 Å². The molecule has 0 aromatic heterocycles. The SMILES string of the molecule is COc1cc(Cl)c(CNc2ccc(Cl)c(C(=O)O)c2)cc1OC. The second-order valence-electron chi connectivity index (χ2n) is 4.65. The highest BCUT2D eigenvalue weighted by molar-refractivity contribution is 6.33. The molecule has 0 heterocycles. The van der Waals surface area contributed by atoms with Gasteiger partial charge in [-0.2, -0.15) is 0 Å². The standard InChI is InChI=1S/C16H15Cl2NO4/c1-22-14-5-9(13(18)7-15(14)23-2)8-19-10-3-4-12(17)11(6-10)16(20)21/h3-7,19H,8H2,1-2H3,(H,20,21). The molecule has 2 aromatic rings. The van der Waals surface area contributed by atoms with E-state index in [1.54, 1.807) is 25.3 Å². The van der Waals surface area contributed by atoms with E-state index < -0.39 is 5.97 Å². The van der Waals surface area contributed by atoms with Crippen LogP contribution in [0.5, 0.6) is 11.5 Å². The lowest BCUT2D eigenvalue weighted by molar-refractivity contribution is 0.0697. The summed E-state index contributed by atoms with van der Waals surface area (Å²) < 4.78 is 10.4. The molecule has 0 saturated heterocycles. The van der Waals surface area contributed by atoms with E-state index in [1.165, 1.54) is 19.2 Å². The number of carboxylic acid groups (broad SMARTS) is 1. The van der Waals surface area contributed by atoms with Crippen molar-refractivity contribution in [3.05, 3.63) is 51.5 Å². The topological polar surface area (TPSA) is 67.8 Å². The van der Waals surface area contributed by atoms with Crippen LogP contribution in [-0.2, 0) is 6.54 Å². The molecule has 0 bridgehead atoms. The summed E-state index contributed by atoms with van der Waals surface area (Å²) in [7, 11) is 3.08. The number of hydrogen-bond donors (Lipinski definition) is 2. The second kappa shape index (κ2) is 7.44. The van der Waals surface area contributed by atoms with Gasteiger partial charge in [-0.1, -0.05) is 23.2 Å². The van der Waals surface area contributed by atoms with Gasteiger partial charge in [-0.25, -0.2) is 4.79 Å². The Morgan fingerprint density at radius 3 is 2.35 bits per heavy atom. The first kappa shape index (κ1) is 17.2. The number of halogens is 2. The van der Waals surface area contributed by atoms with Gasteiger partial charge in [-0.3, -0.25) is 0 Å². The number of carboxylic acids is 1. The van der Waals surface area contributed by atoms with Gasteiger partial charge < -0.3 is 19.9 Å². The molecule has 0 saturated carbocycles. The Balaban J connectivity index is 2.21. The molecule has 0 unspecified atom stereocenters. The Labute approximate surface area is 143 Å². The Bertz CT molecular complexity index is 734. The lowest BCUT2D eigenvalue weighted by Gasteiger charge is -2.13. The zero-order chi connectivity index (χ0) is 17.0. The third-order valence-corrected chi connectivity index (χ3v) is 3.91. The fourth-order valence-corrected chi connectivity index (χ4v) is 2.45. The zero-order valence-corrected chi connectivity index (χ0v) is 14.0. The van der Waals surface area contributed by atoms with Gasteiger partial charge in [0.15, 0.2) is 11.5 Å². The first-order chi connectivity index (χ1) is 11.0. The molecule has 2 rings (SSSR count). The minimum atomic E-state index is -1.08. The summed E-state index contributed by atoms with van der Waals surface area (Å²) in [6.45, 7) is 0.389. The summed E-state index contributed by atoms with van der Waals surface area (Å²) in [6.07, 6.45) is 0. The third kappa shape index (κ3) is 4.00. The van der Waals surface area contributed by atoms with Crippen LogP contribution >= 0.6 is 23.2 Å². The van der Waals surface area contributed by atoms with E-state index in [0.717, 1.165) is 5.56 Å². The van der Waals surface area contributed by atoms with Gasteiger partial charge in [-0.15, -0.1) is 0 Å². The summed E-state index contributed by atoms with van der Waals surface area (Å²) in [6, 6.07) is 8.14. The molecule has 0 atom stereocenters. The molecular formula is C16H15Cl2NO4. The number of methoxy groups -OCH3 is 2. The molecule has 2 aromatic carbocycles. The lowest BCUT2D eigenvalue weighted by Crippen LogP contribution is -2.04. The molecular weight excluding hydrogens is 341 g/mol. The van der Waals surface area contributed by atoms with E-state index in [2.05, 4.69) is 5.32 Å². The predicted octanol–water partition coefficient (Wildman–Crippen LogP) is 4.32. The van der Waals surface area contributed by atoms with Gasteiger partial charge >= 0.3 is 5.97 Å². The van der Waals surface area contributed by atoms with Crippen LogP contribution < -0.4 is 14.8 Å². The number of benzene rings is 2. The second-order valence-corrected chi connectivity index (χ2v) is 5.47. The van der Waals surface area contributed by atoms with E-state index in [-0.39, 0.29) is 10.6 Å². The molecule has 122 valence electrons. The van der Waals surface area contributed by atoms with E-state index in [9.17, 15) is 4.79 Å². The summed E-state index contributed by atoms with van der Waals surface area (Å²) in [5, 5.41) is 12.9. The van der Waals surface area contributed by atoms with Crippen LogP contribution in [0, 0.1) is 0 Å². The molecule has 0 radical (unpaired) electrons. The fourth-order valence-electron chi connectivity index (χ4n) is 2.03. The first-order valence-corrected chi connectivity index (χ1v) is 7.39. The van der Waals surface area contributed by atoms with Crippen LogP contribution in [0.25, 0.3) is 0 Å². The van der Waals surface area contributed by atoms with Crippen LogP contribution in [0.4, 0.5) is 5.69 Å². The van der Waals surface area contributed by atoms with Gasteiger partial charge in [0.1, 0.15) is 0 Å².